The third-order valence-corrected chi connectivity index (χ3v) is 4.24. The van der Waals surface area contributed by atoms with Crippen molar-refractivity contribution in [3.05, 3.63) is 56.2 Å². The summed E-state index contributed by atoms with van der Waals surface area (Å²) in [7, 11) is 0. The molecule has 0 aliphatic carbocycles. The van der Waals surface area contributed by atoms with E-state index in [0.717, 1.165) is 21.5 Å². The molecule has 0 radical (unpaired) electrons. The molecule has 2 aromatic rings. The molecule has 0 aliphatic heterocycles. The van der Waals surface area contributed by atoms with E-state index in [-0.39, 0.29) is 0 Å². The minimum atomic E-state index is -4.34. The zero-order chi connectivity index (χ0) is 13.3. The van der Waals surface area contributed by atoms with Gasteiger partial charge in [-0.2, -0.15) is 13.2 Å². The van der Waals surface area contributed by atoms with Crippen molar-refractivity contribution >= 4 is 27.3 Å². The van der Waals surface area contributed by atoms with Gasteiger partial charge < -0.3 is 5.73 Å². The number of hydrogen-bond acceptors (Lipinski definition) is 2. The van der Waals surface area contributed by atoms with Gasteiger partial charge in [0, 0.05) is 14.7 Å². The lowest BCUT2D eigenvalue weighted by Crippen LogP contribution is -2.12. The Kier molecular flexibility index (Phi) is 3.79. The van der Waals surface area contributed by atoms with Crippen molar-refractivity contribution < 1.29 is 13.2 Å². The maximum absolute atomic E-state index is 12.6. The SMILES string of the molecule is NC(c1cccc(C(F)(F)F)c1)c1cc(Br)cs1. The quantitative estimate of drug-likeness (QED) is 0.854. The fourth-order valence-corrected chi connectivity index (χ4v) is 3.04. The molecule has 1 heterocycles. The average Bonchev–Trinajstić information content (AvgIpc) is 2.74. The summed E-state index contributed by atoms with van der Waals surface area (Å²) < 4.78 is 38.7. The number of benzene rings is 1. The van der Waals surface area contributed by atoms with Gasteiger partial charge in [0.1, 0.15) is 0 Å². The van der Waals surface area contributed by atoms with E-state index in [9.17, 15) is 13.2 Å². The number of halogens is 4. The Morgan fingerprint density at radius 2 is 1.94 bits per heavy atom. The summed E-state index contributed by atoms with van der Waals surface area (Å²) in [6.07, 6.45) is -4.34. The van der Waals surface area contributed by atoms with E-state index in [4.69, 9.17) is 5.73 Å². The molecule has 0 amide bonds. The van der Waals surface area contributed by atoms with Crippen molar-refractivity contribution in [3.63, 3.8) is 0 Å². The maximum atomic E-state index is 12.6. The first-order chi connectivity index (χ1) is 8.38. The summed E-state index contributed by atoms with van der Waals surface area (Å²) >= 11 is 4.71. The maximum Gasteiger partial charge on any atom is 0.416 e. The molecule has 1 nitrogen and oxygen atoms in total. The second-order valence-corrected chi connectivity index (χ2v) is 5.63. The lowest BCUT2D eigenvalue weighted by Gasteiger charge is -2.13. The van der Waals surface area contributed by atoms with Gasteiger partial charge in [-0.3, -0.25) is 0 Å². The van der Waals surface area contributed by atoms with Gasteiger partial charge in [-0.25, -0.2) is 0 Å². The van der Waals surface area contributed by atoms with Gasteiger partial charge in [-0.15, -0.1) is 11.3 Å². The van der Waals surface area contributed by atoms with E-state index in [1.807, 2.05) is 11.4 Å². The molecule has 0 fully saturated rings. The molecule has 96 valence electrons. The Bertz CT molecular complexity index is 550. The summed E-state index contributed by atoms with van der Waals surface area (Å²) in [6.45, 7) is 0. The predicted molar refractivity (Wildman–Crippen MR) is 69.5 cm³/mol. The van der Waals surface area contributed by atoms with Crippen LogP contribution in [0.3, 0.4) is 0 Å². The minimum Gasteiger partial charge on any atom is -0.320 e. The van der Waals surface area contributed by atoms with Gasteiger partial charge in [0.25, 0.3) is 0 Å². The topological polar surface area (TPSA) is 26.0 Å². The van der Waals surface area contributed by atoms with Crippen LogP contribution < -0.4 is 5.73 Å². The van der Waals surface area contributed by atoms with Gasteiger partial charge >= 0.3 is 6.18 Å². The van der Waals surface area contributed by atoms with E-state index in [2.05, 4.69) is 15.9 Å². The average molecular weight is 336 g/mol. The highest BCUT2D eigenvalue weighted by molar-refractivity contribution is 9.10. The first-order valence-corrected chi connectivity index (χ1v) is 6.72. The van der Waals surface area contributed by atoms with Crippen LogP contribution in [0.1, 0.15) is 22.0 Å². The van der Waals surface area contributed by atoms with Crippen LogP contribution in [0.15, 0.2) is 40.2 Å². The molecule has 1 aromatic carbocycles. The smallest absolute Gasteiger partial charge is 0.320 e. The van der Waals surface area contributed by atoms with Gasteiger partial charge in [0.2, 0.25) is 0 Å². The van der Waals surface area contributed by atoms with Crippen LogP contribution >= 0.6 is 27.3 Å². The second kappa shape index (κ2) is 5.03. The molecule has 6 heteroatoms. The van der Waals surface area contributed by atoms with Crippen molar-refractivity contribution in [1.82, 2.24) is 0 Å². The van der Waals surface area contributed by atoms with Gasteiger partial charge in [-0.1, -0.05) is 12.1 Å². The zero-order valence-corrected chi connectivity index (χ0v) is 11.4. The Morgan fingerprint density at radius 1 is 1.22 bits per heavy atom. The molecule has 0 saturated heterocycles. The van der Waals surface area contributed by atoms with Crippen LogP contribution in [0, 0.1) is 0 Å². The Hall–Kier alpha value is -0.850. The molecule has 0 bridgehead atoms. The number of rotatable bonds is 2. The number of alkyl halides is 3. The van der Waals surface area contributed by atoms with Crippen LogP contribution in [0.5, 0.6) is 0 Å². The highest BCUT2D eigenvalue weighted by atomic mass is 79.9. The summed E-state index contributed by atoms with van der Waals surface area (Å²) in [6, 6.07) is 6.39. The van der Waals surface area contributed by atoms with Crippen LogP contribution in [0.4, 0.5) is 13.2 Å². The highest BCUT2D eigenvalue weighted by Crippen LogP contribution is 2.33. The molecule has 2 rings (SSSR count). The predicted octanol–water partition coefficient (Wildman–Crippen LogP) is 4.58. The first kappa shape index (κ1) is 13.6. The third-order valence-electron chi connectivity index (χ3n) is 2.47. The fourth-order valence-electron chi connectivity index (χ4n) is 1.56. The summed E-state index contributed by atoms with van der Waals surface area (Å²) in [5, 5.41) is 1.85. The summed E-state index contributed by atoms with van der Waals surface area (Å²) in [5.74, 6) is 0. The first-order valence-electron chi connectivity index (χ1n) is 5.04. The number of thiophene rings is 1. The van der Waals surface area contributed by atoms with Crippen molar-refractivity contribution in [2.75, 3.05) is 0 Å². The highest BCUT2D eigenvalue weighted by Gasteiger charge is 2.30. The summed E-state index contributed by atoms with van der Waals surface area (Å²) in [4.78, 5) is 0.821. The normalized spacial score (nSPS) is 13.6. The van der Waals surface area contributed by atoms with Crippen LogP contribution in [-0.2, 0) is 6.18 Å². The standard InChI is InChI=1S/C12H9BrF3NS/c13-9-5-10(18-6-9)11(17)7-2-1-3-8(4-7)12(14,15)16/h1-6,11H,17H2. The zero-order valence-electron chi connectivity index (χ0n) is 9.04. The third kappa shape index (κ3) is 2.93. The minimum absolute atomic E-state index is 0.458. The van der Waals surface area contributed by atoms with E-state index in [1.54, 1.807) is 6.07 Å². The second-order valence-electron chi connectivity index (χ2n) is 3.77. The summed E-state index contributed by atoms with van der Waals surface area (Å²) in [5.41, 5.74) is 5.75. The van der Waals surface area contributed by atoms with Crippen LogP contribution in [0.2, 0.25) is 0 Å². The Morgan fingerprint density at radius 3 is 2.50 bits per heavy atom. The van der Waals surface area contributed by atoms with E-state index in [0.29, 0.717) is 5.56 Å². The number of nitrogens with two attached hydrogens (primary N) is 1. The van der Waals surface area contributed by atoms with Crippen molar-refractivity contribution in [3.8, 4) is 0 Å². The monoisotopic (exact) mass is 335 g/mol. The molecule has 1 aromatic heterocycles. The molecule has 1 unspecified atom stereocenters. The lowest BCUT2D eigenvalue weighted by atomic mass is 10.0. The van der Waals surface area contributed by atoms with Crippen molar-refractivity contribution in [2.45, 2.75) is 12.2 Å². The lowest BCUT2D eigenvalue weighted by molar-refractivity contribution is -0.137. The van der Waals surface area contributed by atoms with E-state index >= 15 is 0 Å². The van der Waals surface area contributed by atoms with Crippen molar-refractivity contribution in [2.24, 2.45) is 5.73 Å². The van der Waals surface area contributed by atoms with Crippen LogP contribution in [-0.4, -0.2) is 0 Å². The van der Waals surface area contributed by atoms with Gasteiger partial charge in [0.05, 0.1) is 11.6 Å². The molecule has 0 spiro atoms. The van der Waals surface area contributed by atoms with Crippen LogP contribution in [0.25, 0.3) is 0 Å². The van der Waals surface area contributed by atoms with E-state index < -0.39 is 17.8 Å². The molecule has 0 aliphatic rings. The Labute approximate surface area is 115 Å². The molecular weight excluding hydrogens is 327 g/mol. The van der Waals surface area contributed by atoms with Gasteiger partial charge in [0.15, 0.2) is 0 Å². The molecule has 0 saturated carbocycles. The van der Waals surface area contributed by atoms with Crippen molar-refractivity contribution in [1.29, 1.82) is 0 Å². The molecular formula is C12H9BrF3NS. The molecule has 2 N–H and O–H groups in total. The Balaban J connectivity index is 2.34. The van der Waals surface area contributed by atoms with E-state index in [1.165, 1.54) is 17.4 Å². The van der Waals surface area contributed by atoms with Gasteiger partial charge in [-0.05, 0) is 39.7 Å². The largest absolute Gasteiger partial charge is 0.416 e. The molecule has 1 atom stereocenters. The number of hydrogen-bond donors (Lipinski definition) is 1. The fraction of sp³-hybridized carbons (Fsp3) is 0.167. The molecule has 18 heavy (non-hydrogen) atoms.